The molecule has 17 heavy (non-hydrogen) atoms. The van der Waals surface area contributed by atoms with E-state index in [1.165, 1.54) is 6.26 Å². The standard InChI is InChI=1S/C13H9NO3/c14-8-10-3-5-11(6-4-10)17-9-12(15)13-2-1-7-16-13/h1-7H,9H2. The highest BCUT2D eigenvalue weighted by Gasteiger charge is 2.09. The normalized spacial score (nSPS) is 9.59. The van der Waals surface area contributed by atoms with Crippen LogP contribution in [0.2, 0.25) is 0 Å². The minimum Gasteiger partial charge on any atom is -0.485 e. The van der Waals surface area contributed by atoms with Gasteiger partial charge in [0.2, 0.25) is 5.78 Å². The van der Waals surface area contributed by atoms with Gasteiger partial charge >= 0.3 is 0 Å². The number of furan rings is 1. The van der Waals surface area contributed by atoms with Gasteiger partial charge < -0.3 is 9.15 Å². The summed E-state index contributed by atoms with van der Waals surface area (Å²) < 4.78 is 10.2. The summed E-state index contributed by atoms with van der Waals surface area (Å²) in [5.41, 5.74) is 0.551. The first kappa shape index (κ1) is 11.0. The van der Waals surface area contributed by atoms with Gasteiger partial charge in [0.15, 0.2) is 12.4 Å². The predicted octanol–water partition coefficient (Wildman–Crippen LogP) is 2.41. The van der Waals surface area contributed by atoms with Gasteiger partial charge in [-0.15, -0.1) is 0 Å². The molecule has 0 radical (unpaired) electrons. The minimum atomic E-state index is -0.223. The van der Waals surface area contributed by atoms with Gasteiger partial charge in [-0.05, 0) is 36.4 Å². The van der Waals surface area contributed by atoms with Gasteiger partial charge in [-0.1, -0.05) is 0 Å². The van der Waals surface area contributed by atoms with Gasteiger partial charge in [0.25, 0.3) is 0 Å². The topological polar surface area (TPSA) is 63.2 Å². The molecule has 0 bridgehead atoms. The Kier molecular flexibility index (Phi) is 3.22. The van der Waals surface area contributed by atoms with E-state index < -0.39 is 0 Å². The number of carbonyl (C=O) groups is 1. The Morgan fingerprint density at radius 2 is 2.06 bits per heavy atom. The van der Waals surface area contributed by atoms with E-state index >= 15 is 0 Å². The van der Waals surface area contributed by atoms with E-state index in [4.69, 9.17) is 14.4 Å². The van der Waals surface area contributed by atoms with E-state index in [-0.39, 0.29) is 18.2 Å². The number of ketones is 1. The highest BCUT2D eigenvalue weighted by atomic mass is 16.5. The maximum atomic E-state index is 11.5. The zero-order valence-corrected chi connectivity index (χ0v) is 8.92. The maximum Gasteiger partial charge on any atom is 0.235 e. The monoisotopic (exact) mass is 227 g/mol. The SMILES string of the molecule is N#Cc1ccc(OCC(=O)c2ccco2)cc1. The molecule has 1 aromatic heterocycles. The molecular weight excluding hydrogens is 218 g/mol. The quantitative estimate of drug-likeness (QED) is 0.752. The molecular formula is C13H9NO3. The largest absolute Gasteiger partial charge is 0.485 e. The number of carbonyl (C=O) groups excluding carboxylic acids is 1. The molecule has 0 unspecified atom stereocenters. The highest BCUT2D eigenvalue weighted by molar-refractivity contribution is 5.94. The van der Waals surface area contributed by atoms with Gasteiger partial charge in [0, 0.05) is 0 Å². The summed E-state index contributed by atoms with van der Waals surface area (Å²) in [4.78, 5) is 11.5. The van der Waals surface area contributed by atoms with Gasteiger partial charge in [0.05, 0.1) is 17.9 Å². The van der Waals surface area contributed by atoms with Crippen molar-refractivity contribution in [3.63, 3.8) is 0 Å². The summed E-state index contributed by atoms with van der Waals surface area (Å²) in [6.07, 6.45) is 1.44. The van der Waals surface area contributed by atoms with Crippen molar-refractivity contribution in [2.75, 3.05) is 6.61 Å². The van der Waals surface area contributed by atoms with Crippen LogP contribution in [0.25, 0.3) is 0 Å². The fourth-order valence-electron chi connectivity index (χ4n) is 1.28. The van der Waals surface area contributed by atoms with Crippen molar-refractivity contribution in [2.24, 2.45) is 0 Å². The Morgan fingerprint density at radius 3 is 2.65 bits per heavy atom. The molecule has 0 N–H and O–H groups in total. The maximum absolute atomic E-state index is 11.5. The lowest BCUT2D eigenvalue weighted by Gasteiger charge is -2.03. The number of ether oxygens (including phenoxy) is 1. The van der Waals surface area contributed by atoms with Crippen molar-refractivity contribution in [2.45, 2.75) is 0 Å². The molecule has 0 saturated carbocycles. The van der Waals surface area contributed by atoms with Crippen LogP contribution in [-0.4, -0.2) is 12.4 Å². The van der Waals surface area contributed by atoms with Crippen molar-refractivity contribution < 1.29 is 13.9 Å². The Hall–Kier alpha value is -2.54. The Morgan fingerprint density at radius 1 is 1.29 bits per heavy atom. The molecule has 0 atom stereocenters. The number of hydrogen-bond donors (Lipinski definition) is 0. The van der Waals surface area contributed by atoms with Crippen LogP contribution in [0.1, 0.15) is 16.1 Å². The number of hydrogen-bond acceptors (Lipinski definition) is 4. The second-order valence-electron chi connectivity index (χ2n) is 3.33. The third-order valence-electron chi connectivity index (χ3n) is 2.15. The highest BCUT2D eigenvalue weighted by Crippen LogP contribution is 2.12. The molecule has 1 aromatic carbocycles. The first-order valence-corrected chi connectivity index (χ1v) is 4.99. The van der Waals surface area contributed by atoms with Gasteiger partial charge in [0.1, 0.15) is 5.75 Å². The Bertz CT molecular complexity index is 535. The van der Waals surface area contributed by atoms with Crippen molar-refractivity contribution >= 4 is 5.78 Å². The molecule has 84 valence electrons. The summed E-state index contributed by atoms with van der Waals surface area (Å²) in [7, 11) is 0. The van der Waals surface area contributed by atoms with Crippen LogP contribution in [0.5, 0.6) is 5.75 Å². The minimum absolute atomic E-state index is 0.0839. The van der Waals surface area contributed by atoms with Crippen LogP contribution in [0.15, 0.2) is 47.1 Å². The number of Topliss-reactive ketones (excluding diaryl/α,β-unsaturated/α-hetero) is 1. The zero-order chi connectivity index (χ0) is 12.1. The van der Waals surface area contributed by atoms with Crippen molar-refractivity contribution in [1.29, 1.82) is 5.26 Å². The van der Waals surface area contributed by atoms with E-state index in [1.807, 2.05) is 6.07 Å². The van der Waals surface area contributed by atoms with E-state index in [2.05, 4.69) is 0 Å². The van der Waals surface area contributed by atoms with Crippen LogP contribution in [-0.2, 0) is 0 Å². The second-order valence-corrected chi connectivity index (χ2v) is 3.33. The predicted molar refractivity (Wildman–Crippen MR) is 59.7 cm³/mol. The first-order chi connectivity index (χ1) is 8.29. The van der Waals surface area contributed by atoms with Crippen molar-refractivity contribution in [1.82, 2.24) is 0 Å². The summed E-state index contributed by atoms with van der Waals surface area (Å²) in [5, 5.41) is 8.61. The molecule has 0 aliphatic rings. The second kappa shape index (κ2) is 4.99. The molecule has 2 aromatic rings. The van der Waals surface area contributed by atoms with Gasteiger partial charge in [-0.2, -0.15) is 5.26 Å². The average Bonchev–Trinajstić information content (AvgIpc) is 2.90. The lowest BCUT2D eigenvalue weighted by Crippen LogP contribution is -2.10. The van der Waals surface area contributed by atoms with Crippen LogP contribution < -0.4 is 4.74 Å². The van der Waals surface area contributed by atoms with Crippen molar-refractivity contribution in [3.05, 3.63) is 54.0 Å². The number of nitriles is 1. The van der Waals surface area contributed by atoms with Crippen LogP contribution >= 0.6 is 0 Å². The van der Waals surface area contributed by atoms with Crippen LogP contribution in [0.4, 0.5) is 0 Å². The number of nitrogens with zero attached hydrogens (tertiary/aromatic N) is 1. The first-order valence-electron chi connectivity index (χ1n) is 4.99. The molecule has 0 amide bonds. The molecule has 4 heteroatoms. The lowest BCUT2D eigenvalue weighted by molar-refractivity contribution is 0.0894. The molecule has 0 aliphatic heterocycles. The molecule has 0 spiro atoms. The van der Waals surface area contributed by atoms with Gasteiger partial charge in [-0.3, -0.25) is 4.79 Å². The molecule has 1 heterocycles. The zero-order valence-electron chi connectivity index (χ0n) is 8.92. The van der Waals surface area contributed by atoms with Crippen molar-refractivity contribution in [3.8, 4) is 11.8 Å². The fourth-order valence-corrected chi connectivity index (χ4v) is 1.28. The fraction of sp³-hybridized carbons (Fsp3) is 0.0769. The molecule has 4 nitrogen and oxygen atoms in total. The summed E-state index contributed by atoms with van der Waals surface area (Å²) >= 11 is 0. The van der Waals surface area contributed by atoms with Crippen LogP contribution in [0, 0.1) is 11.3 Å². The average molecular weight is 227 g/mol. The molecule has 0 aliphatic carbocycles. The smallest absolute Gasteiger partial charge is 0.235 e. The summed E-state index contributed by atoms with van der Waals surface area (Å²) in [6.45, 7) is -0.0839. The van der Waals surface area contributed by atoms with E-state index in [0.29, 0.717) is 11.3 Å². The molecule has 0 saturated heterocycles. The van der Waals surface area contributed by atoms with Gasteiger partial charge in [-0.25, -0.2) is 0 Å². The molecule has 0 fully saturated rings. The third kappa shape index (κ3) is 2.73. The Balaban J connectivity index is 1.94. The summed E-state index contributed by atoms with van der Waals surface area (Å²) in [5.74, 6) is 0.599. The Labute approximate surface area is 98.0 Å². The number of benzene rings is 1. The summed E-state index contributed by atoms with van der Waals surface area (Å²) in [6, 6.07) is 11.8. The molecule has 2 rings (SSSR count). The van der Waals surface area contributed by atoms with E-state index in [0.717, 1.165) is 0 Å². The number of rotatable bonds is 4. The van der Waals surface area contributed by atoms with Crippen LogP contribution in [0.3, 0.4) is 0 Å². The van der Waals surface area contributed by atoms with E-state index in [9.17, 15) is 4.79 Å². The lowest BCUT2D eigenvalue weighted by atomic mass is 10.2. The van der Waals surface area contributed by atoms with E-state index in [1.54, 1.807) is 36.4 Å². The third-order valence-corrected chi connectivity index (χ3v) is 2.15.